The molecule has 3 amide bonds. The van der Waals surface area contributed by atoms with Crippen LogP contribution in [0.25, 0.3) is 0 Å². The molecule has 0 saturated carbocycles. The Kier molecular flexibility index (Phi) is 5.76. The van der Waals surface area contributed by atoms with Crippen molar-refractivity contribution in [3.8, 4) is 0 Å². The van der Waals surface area contributed by atoms with E-state index in [2.05, 4.69) is 10.6 Å². The summed E-state index contributed by atoms with van der Waals surface area (Å²) >= 11 is 6.20. The number of rotatable bonds is 2. The van der Waals surface area contributed by atoms with Crippen LogP contribution in [0.3, 0.4) is 0 Å². The zero-order valence-corrected chi connectivity index (χ0v) is 17.2. The van der Waals surface area contributed by atoms with E-state index in [1.165, 1.54) is 24.3 Å². The lowest BCUT2D eigenvalue weighted by Crippen LogP contribution is -2.51. The Labute approximate surface area is 185 Å². The number of likely N-dealkylation sites (tertiary alicyclic amines) is 1. The lowest BCUT2D eigenvalue weighted by atomic mass is 9.95. The average Bonchev–Trinajstić information content (AvgIpc) is 3.06. The Morgan fingerprint density at radius 3 is 2.69 bits per heavy atom. The minimum absolute atomic E-state index is 0.166. The number of halogens is 5. The molecule has 0 aliphatic carbocycles. The van der Waals surface area contributed by atoms with Gasteiger partial charge in [-0.05, 0) is 36.8 Å². The topological polar surface area (TPSA) is 81.7 Å². The largest absolute Gasteiger partial charge is 0.393 e. The Morgan fingerprint density at radius 2 is 1.97 bits per heavy atom. The first-order chi connectivity index (χ1) is 15.0. The molecule has 2 aromatic carbocycles. The molecule has 6 nitrogen and oxygen atoms in total. The number of aliphatic hydroxyl groups is 1. The highest BCUT2D eigenvalue weighted by molar-refractivity contribution is 6.31. The first kappa shape index (κ1) is 22.3. The second-order valence-corrected chi connectivity index (χ2v) is 8.21. The summed E-state index contributed by atoms with van der Waals surface area (Å²) in [6.07, 6.45) is -6.35. The number of fused-ring (bicyclic) bond motifs is 1. The Balaban J connectivity index is 1.64. The average molecular weight is 472 g/mol. The fourth-order valence-corrected chi connectivity index (χ4v) is 4.33. The number of aliphatic hydroxyl groups excluding tert-OH is 1. The van der Waals surface area contributed by atoms with Crippen molar-refractivity contribution in [1.29, 1.82) is 0 Å². The van der Waals surface area contributed by atoms with Gasteiger partial charge in [-0.25, -0.2) is 9.18 Å². The third kappa shape index (κ3) is 4.24. The Hall–Kier alpha value is -2.85. The molecule has 32 heavy (non-hydrogen) atoms. The first-order valence-electron chi connectivity index (χ1n) is 9.74. The van der Waals surface area contributed by atoms with Crippen LogP contribution in [0.2, 0.25) is 5.02 Å². The zero-order chi connectivity index (χ0) is 23.2. The maximum atomic E-state index is 13.8. The predicted molar refractivity (Wildman–Crippen MR) is 108 cm³/mol. The van der Waals surface area contributed by atoms with Crippen LogP contribution in [-0.2, 0) is 0 Å². The van der Waals surface area contributed by atoms with Gasteiger partial charge in [-0.1, -0.05) is 17.7 Å². The summed E-state index contributed by atoms with van der Waals surface area (Å²) in [7, 11) is 0. The van der Waals surface area contributed by atoms with Gasteiger partial charge in [0.15, 0.2) is 0 Å². The first-order valence-corrected chi connectivity index (χ1v) is 10.1. The highest BCUT2D eigenvalue weighted by Crippen LogP contribution is 2.39. The predicted octanol–water partition coefficient (Wildman–Crippen LogP) is 4.09. The minimum Gasteiger partial charge on any atom is -0.391 e. The van der Waals surface area contributed by atoms with Crippen molar-refractivity contribution in [3.05, 3.63) is 63.9 Å². The van der Waals surface area contributed by atoms with E-state index in [1.807, 2.05) is 0 Å². The van der Waals surface area contributed by atoms with E-state index in [0.29, 0.717) is 5.56 Å². The van der Waals surface area contributed by atoms with E-state index in [0.717, 1.165) is 17.0 Å². The highest BCUT2D eigenvalue weighted by Gasteiger charge is 2.45. The molecule has 0 unspecified atom stereocenters. The van der Waals surface area contributed by atoms with Gasteiger partial charge in [-0.2, -0.15) is 13.2 Å². The van der Waals surface area contributed by atoms with Crippen LogP contribution in [-0.4, -0.2) is 47.3 Å². The summed E-state index contributed by atoms with van der Waals surface area (Å²) in [5.41, 5.74) is 0.981. The van der Waals surface area contributed by atoms with E-state index in [1.54, 1.807) is 0 Å². The number of nitrogens with zero attached hydrogens (tertiary/aromatic N) is 1. The standard InChI is InChI=1S/C21H18ClF4N3O3/c22-15-5-4-11(23)7-14(15)18-17-13(19(31)28-18)2-1-3-16(17)27-20(32)29-8-10(21(24,25)26)6-12(30)9-29/h1-5,7,10,12,18,30H,6,8-9H2,(H,27,32)(H,28,31)/t10-,12-,18-/m1/s1. The molecular formula is C21H18ClF4N3O3. The summed E-state index contributed by atoms with van der Waals surface area (Å²) in [6, 6.07) is 6.45. The van der Waals surface area contributed by atoms with Crippen molar-refractivity contribution in [2.45, 2.75) is 24.7 Å². The molecule has 170 valence electrons. The lowest BCUT2D eigenvalue weighted by Gasteiger charge is -2.36. The molecule has 0 aromatic heterocycles. The maximum absolute atomic E-state index is 13.8. The highest BCUT2D eigenvalue weighted by atomic mass is 35.5. The number of alkyl halides is 3. The van der Waals surface area contributed by atoms with E-state index in [9.17, 15) is 32.3 Å². The smallest absolute Gasteiger partial charge is 0.391 e. The van der Waals surface area contributed by atoms with Crippen LogP contribution in [0, 0.1) is 11.7 Å². The molecule has 1 saturated heterocycles. The number of amides is 3. The van der Waals surface area contributed by atoms with Crippen molar-refractivity contribution in [1.82, 2.24) is 10.2 Å². The van der Waals surface area contributed by atoms with Crippen LogP contribution >= 0.6 is 11.6 Å². The van der Waals surface area contributed by atoms with Gasteiger partial charge < -0.3 is 20.6 Å². The van der Waals surface area contributed by atoms with Crippen LogP contribution in [0.4, 0.5) is 28.0 Å². The molecule has 0 spiro atoms. The van der Waals surface area contributed by atoms with Crippen LogP contribution in [0.5, 0.6) is 0 Å². The number of carbonyl (C=O) groups is 2. The van der Waals surface area contributed by atoms with E-state index < -0.39 is 55.0 Å². The molecule has 3 atom stereocenters. The normalized spacial score (nSPS) is 23.0. The summed E-state index contributed by atoms with van der Waals surface area (Å²) < 4.78 is 53.3. The molecule has 0 radical (unpaired) electrons. The summed E-state index contributed by atoms with van der Waals surface area (Å²) in [4.78, 5) is 26.1. The number of hydrogen-bond donors (Lipinski definition) is 3. The molecule has 4 rings (SSSR count). The van der Waals surface area contributed by atoms with E-state index >= 15 is 0 Å². The van der Waals surface area contributed by atoms with Crippen LogP contribution in [0.1, 0.15) is 33.9 Å². The SMILES string of the molecule is O=C1N[C@H](c2cc(F)ccc2Cl)c2c(NC(=O)N3C[C@H](O)C[C@@H](C(F)(F)F)C3)cccc21. The van der Waals surface area contributed by atoms with Gasteiger partial charge in [-0.3, -0.25) is 4.79 Å². The number of carbonyl (C=O) groups excluding carboxylic acids is 2. The molecule has 2 aromatic rings. The van der Waals surface area contributed by atoms with E-state index in [-0.39, 0.29) is 28.4 Å². The fourth-order valence-electron chi connectivity index (χ4n) is 4.10. The summed E-state index contributed by atoms with van der Waals surface area (Å²) in [5.74, 6) is -2.89. The maximum Gasteiger partial charge on any atom is 0.393 e. The molecule has 11 heteroatoms. The number of β-amino-alcohol motifs (C(OH)–C–C–N with tert-alkyl or cyclic N) is 1. The van der Waals surface area contributed by atoms with Gasteiger partial charge in [0.25, 0.3) is 5.91 Å². The van der Waals surface area contributed by atoms with Gasteiger partial charge in [-0.15, -0.1) is 0 Å². The molecule has 2 aliphatic heterocycles. The zero-order valence-electron chi connectivity index (χ0n) is 16.4. The van der Waals surface area contributed by atoms with Crippen molar-refractivity contribution in [2.75, 3.05) is 18.4 Å². The second-order valence-electron chi connectivity index (χ2n) is 7.80. The monoisotopic (exact) mass is 471 g/mol. The van der Waals surface area contributed by atoms with Gasteiger partial charge in [0.2, 0.25) is 0 Å². The van der Waals surface area contributed by atoms with Crippen molar-refractivity contribution in [2.24, 2.45) is 5.92 Å². The quantitative estimate of drug-likeness (QED) is 0.577. The number of nitrogens with one attached hydrogen (secondary N) is 2. The number of benzene rings is 2. The number of anilines is 1. The summed E-state index contributed by atoms with van der Waals surface area (Å²) in [6.45, 7) is -0.860. The second kappa shape index (κ2) is 8.25. The number of urea groups is 1. The fraction of sp³-hybridized carbons (Fsp3) is 0.333. The molecule has 3 N–H and O–H groups in total. The Morgan fingerprint density at radius 1 is 1.22 bits per heavy atom. The summed E-state index contributed by atoms with van der Waals surface area (Å²) in [5, 5.41) is 15.3. The molecule has 2 aliphatic rings. The molecule has 1 fully saturated rings. The third-order valence-electron chi connectivity index (χ3n) is 5.60. The van der Waals surface area contributed by atoms with Crippen molar-refractivity contribution >= 4 is 29.2 Å². The molecule has 2 heterocycles. The number of hydrogen-bond acceptors (Lipinski definition) is 3. The minimum atomic E-state index is -4.55. The van der Waals surface area contributed by atoms with Crippen molar-refractivity contribution in [3.63, 3.8) is 0 Å². The van der Waals surface area contributed by atoms with Crippen LogP contribution < -0.4 is 10.6 Å². The van der Waals surface area contributed by atoms with Crippen molar-refractivity contribution < 1.29 is 32.3 Å². The van der Waals surface area contributed by atoms with Gasteiger partial charge in [0, 0.05) is 40.5 Å². The van der Waals surface area contributed by atoms with Crippen LogP contribution in [0.15, 0.2) is 36.4 Å². The van der Waals surface area contributed by atoms with Gasteiger partial charge >= 0.3 is 12.2 Å². The Bertz CT molecular complexity index is 1080. The van der Waals surface area contributed by atoms with E-state index in [4.69, 9.17) is 11.6 Å². The van der Waals surface area contributed by atoms with Gasteiger partial charge in [0.05, 0.1) is 18.1 Å². The third-order valence-corrected chi connectivity index (χ3v) is 5.95. The number of piperidine rings is 1. The van der Waals surface area contributed by atoms with Gasteiger partial charge in [0.1, 0.15) is 5.82 Å². The lowest BCUT2D eigenvalue weighted by molar-refractivity contribution is -0.192. The molecule has 0 bridgehead atoms. The molecular weight excluding hydrogens is 454 g/mol.